The van der Waals surface area contributed by atoms with Crippen molar-refractivity contribution in [3.8, 4) is 11.4 Å². The van der Waals surface area contributed by atoms with E-state index in [1.54, 1.807) is 36.6 Å². The third-order valence-electron chi connectivity index (χ3n) is 5.90. The van der Waals surface area contributed by atoms with Crippen LogP contribution in [0.15, 0.2) is 82.8 Å². The molecule has 0 saturated heterocycles. The normalized spacial score (nSPS) is 11.6. The zero-order valence-corrected chi connectivity index (χ0v) is 23.0. The Balaban J connectivity index is 1.64. The number of nitrogens with zero attached hydrogens (tertiary/aromatic N) is 4. The van der Waals surface area contributed by atoms with Crippen LogP contribution in [0.1, 0.15) is 19.4 Å². The standard InChI is InChI=1S/C27H27F2N5O3S2/c1-3-33(4-2)39(36,37)21-13-8-12-20(16-21)26-31-32-27(34(26)17-19-10-6-5-7-11-19)38-18-24(35)30-25-22(28)14-9-15-23(25)29/h5-16H,3-4,17-18H2,1-2H3,(H,30,35). The van der Waals surface area contributed by atoms with Crippen LogP contribution in [0.3, 0.4) is 0 Å². The lowest BCUT2D eigenvalue weighted by Crippen LogP contribution is -2.30. The minimum absolute atomic E-state index is 0.137. The molecule has 4 rings (SSSR count). The molecule has 0 aliphatic heterocycles. The van der Waals surface area contributed by atoms with Gasteiger partial charge in [0.25, 0.3) is 0 Å². The van der Waals surface area contributed by atoms with E-state index in [0.29, 0.717) is 36.2 Å². The fraction of sp³-hybridized carbons (Fsp3) is 0.222. The molecule has 1 aromatic heterocycles. The summed E-state index contributed by atoms with van der Waals surface area (Å²) in [6.45, 7) is 4.59. The van der Waals surface area contributed by atoms with Gasteiger partial charge in [0, 0.05) is 18.7 Å². The third kappa shape index (κ3) is 6.52. The number of para-hydroxylation sites is 1. The molecule has 0 saturated carbocycles. The summed E-state index contributed by atoms with van der Waals surface area (Å²) in [6.07, 6.45) is 0. The van der Waals surface area contributed by atoms with E-state index in [-0.39, 0.29) is 10.6 Å². The lowest BCUT2D eigenvalue weighted by Gasteiger charge is -2.19. The van der Waals surface area contributed by atoms with Crippen LogP contribution in [0.4, 0.5) is 14.5 Å². The second-order valence-electron chi connectivity index (χ2n) is 8.43. The molecule has 0 atom stereocenters. The van der Waals surface area contributed by atoms with Gasteiger partial charge in [-0.1, -0.05) is 74.1 Å². The number of hydrogen-bond donors (Lipinski definition) is 1. The lowest BCUT2D eigenvalue weighted by atomic mass is 10.2. The van der Waals surface area contributed by atoms with Gasteiger partial charge in [-0.2, -0.15) is 4.31 Å². The Morgan fingerprint density at radius 3 is 2.28 bits per heavy atom. The van der Waals surface area contributed by atoms with Crippen molar-refractivity contribution in [3.63, 3.8) is 0 Å². The van der Waals surface area contributed by atoms with Crippen LogP contribution in [0, 0.1) is 11.6 Å². The average Bonchev–Trinajstić information content (AvgIpc) is 3.33. The largest absolute Gasteiger partial charge is 0.320 e. The first-order chi connectivity index (χ1) is 18.7. The van der Waals surface area contributed by atoms with Crippen molar-refractivity contribution in [1.82, 2.24) is 19.1 Å². The van der Waals surface area contributed by atoms with Crippen LogP contribution in [-0.4, -0.2) is 52.2 Å². The average molecular weight is 572 g/mol. The van der Waals surface area contributed by atoms with Gasteiger partial charge in [0.05, 0.1) is 17.2 Å². The monoisotopic (exact) mass is 571 g/mol. The molecule has 0 unspecified atom stereocenters. The highest BCUT2D eigenvalue weighted by molar-refractivity contribution is 7.99. The van der Waals surface area contributed by atoms with Crippen LogP contribution in [0.25, 0.3) is 11.4 Å². The Labute approximate surface area is 230 Å². The summed E-state index contributed by atoms with van der Waals surface area (Å²) in [4.78, 5) is 12.7. The van der Waals surface area contributed by atoms with Gasteiger partial charge in [-0.05, 0) is 29.8 Å². The van der Waals surface area contributed by atoms with Gasteiger partial charge in [0.15, 0.2) is 11.0 Å². The molecule has 204 valence electrons. The van der Waals surface area contributed by atoms with Crippen LogP contribution in [0.5, 0.6) is 0 Å². The number of aromatic nitrogens is 3. The van der Waals surface area contributed by atoms with E-state index >= 15 is 0 Å². The quantitative estimate of drug-likeness (QED) is 0.254. The molecule has 12 heteroatoms. The number of halogens is 2. The fourth-order valence-corrected chi connectivity index (χ4v) is 6.19. The molecule has 0 fully saturated rings. The predicted octanol–water partition coefficient (Wildman–Crippen LogP) is 5.03. The van der Waals surface area contributed by atoms with Gasteiger partial charge in [-0.25, -0.2) is 17.2 Å². The van der Waals surface area contributed by atoms with E-state index in [4.69, 9.17) is 0 Å². The molecule has 1 amide bonds. The van der Waals surface area contributed by atoms with Gasteiger partial charge < -0.3 is 5.32 Å². The Morgan fingerprint density at radius 2 is 1.62 bits per heavy atom. The maximum atomic E-state index is 13.9. The minimum atomic E-state index is -3.70. The summed E-state index contributed by atoms with van der Waals surface area (Å²) in [5.41, 5.74) is 0.961. The van der Waals surface area contributed by atoms with Gasteiger partial charge >= 0.3 is 0 Å². The summed E-state index contributed by atoms with van der Waals surface area (Å²) in [6, 6.07) is 19.3. The first-order valence-corrected chi connectivity index (χ1v) is 14.6. The highest BCUT2D eigenvalue weighted by atomic mass is 32.2. The summed E-state index contributed by atoms with van der Waals surface area (Å²) >= 11 is 1.05. The number of carbonyl (C=O) groups is 1. The zero-order chi connectivity index (χ0) is 28.0. The maximum absolute atomic E-state index is 13.9. The van der Waals surface area contributed by atoms with Crippen molar-refractivity contribution in [2.75, 3.05) is 24.2 Å². The van der Waals surface area contributed by atoms with Crippen molar-refractivity contribution in [3.05, 3.63) is 90.0 Å². The van der Waals surface area contributed by atoms with Crippen molar-refractivity contribution in [1.29, 1.82) is 0 Å². The summed E-state index contributed by atoms with van der Waals surface area (Å²) in [5.74, 6) is -2.13. The Morgan fingerprint density at radius 1 is 0.949 bits per heavy atom. The van der Waals surface area contributed by atoms with Crippen LogP contribution >= 0.6 is 11.8 Å². The first-order valence-electron chi connectivity index (χ1n) is 12.2. The number of benzene rings is 3. The molecule has 0 bridgehead atoms. The molecule has 1 heterocycles. The highest BCUT2D eigenvalue weighted by Gasteiger charge is 2.23. The van der Waals surface area contributed by atoms with Crippen molar-refractivity contribution < 1.29 is 22.0 Å². The minimum Gasteiger partial charge on any atom is -0.320 e. The first kappa shape index (κ1) is 28.4. The molecule has 0 radical (unpaired) electrons. The van der Waals surface area contributed by atoms with E-state index in [2.05, 4.69) is 15.5 Å². The molecular formula is C27H27F2N5O3S2. The van der Waals surface area contributed by atoms with Crippen molar-refractivity contribution in [2.24, 2.45) is 0 Å². The highest BCUT2D eigenvalue weighted by Crippen LogP contribution is 2.28. The predicted molar refractivity (Wildman–Crippen MR) is 147 cm³/mol. The van der Waals surface area contributed by atoms with Gasteiger partial charge in [-0.3, -0.25) is 9.36 Å². The van der Waals surface area contributed by atoms with E-state index in [9.17, 15) is 22.0 Å². The smallest absolute Gasteiger partial charge is 0.243 e. The Bertz CT molecular complexity index is 1540. The van der Waals surface area contributed by atoms with Crippen molar-refractivity contribution in [2.45, 2.75) is 30.4 Å². The number of carbonyl (C=O) groups excluding carboxylic acids is 1. The number of sulfonamides is 1. The molecular weight excluding hydrogens is 544 g/mol. The Kier molecular flexibility index (Phi) is 9.10. The molecule has 8 nitrogen and oxygen atoms in total. The van der Waals surface area contributed by atoms with Crippen molar-refractivity contribution >= 4 is 33.4 Å². The number of rotatable bonds is 11. The maximum Gasteiger partial charge on any atom is 0.243 e. The van der Waals surface area contributed by atoms with Gasteiger partial charge in [-0.15, -0.1) is 10.2 Å². The van der Waals surface area contributed by atoms with E-state index in [1.165, 1.54) is 16.4 Å². The number of nitrogens with one attached hydrogen (secondary N) is 1. The molecule has 0 aliphatic rings. The molecule has 0 aliphatic carbocycles. The summed E-state index contributed by atoms with van der Waals surface area (Å²) in [5, 5.41) is 11.2. The number of hydrogen-bond acceptors (Lipinski definition) is 6. The summed E-state index contributed by atoms with van der Waals surface area (Å²) < 4.78 is 57.3. The number of thioether (sulfide) groups is 1. The van der Waals surface area contributed by atoms with Crippen LogP contribution in [-0.2, 0) is 21.4 Å². The second-order valence-corrected chi connectivity index (χ2v) is 11.3. The van der Waals surface area contributed by atoms with E-state index < -0.39 is 33.3 Å². The molecule has 1 N–H and O–H groups in total. The number of amides is 1. The van der Waals surface area contributed by atoms with E-state index in [1.807, 2.05) is 30.3 Å². The van der Waals surface area contributed by atoms with Gasteiger partial charge in [0.1, 0.15) is 17.3 Å². The van der Waals surface area contributed by atoms with Gasteiger partial charge in [0.2, 0.25) is 15.9 Å². The zero-order valence-electron chi connectivity index (χ0n) is 21.3. The molecule has 3 aromatic carbocycles. The molecule has 39 heavy (non-hydrogen) atoms. The third-order valence-corrected chi connectivity index (χ3v) is 8.91. The van der Waals surface area contributed by atoms with Crippen LogP contribution in [0.2, 0.25) is 0 Å². The fourth-order valence-electron chi connectivity index (χ4n) is 3.95. The SMILES string of the molecule is CCN(CC)S(=O)(=O)c1cccc(-c2nnc(SCC(=O)Nc3c(F)cccc3F)n2Cc2ccccc2)c1. The van der Waals surface area contributed by atoms with E-state index in [0.717, 1.165) is 29.5 Å². The Hall–Kier alpha value is -3.61. The molecule has 4 aromatic rings. The van der Waals surface area contributed by atoms with Crippen LogP contribution < -0.4 is 5.32 Å². The number of anilines is 1. The topological polar surface area (TPSA) is 97.2 Å². The second kappa shape index (κ2) is 12.5. The lowest BCUT2D eigenvalue weighted by molar-refractivity contribution is -0.113. The summed E-state index contributed by atoms with van der Waals surface area (Å²) in [7, 11) is -3.70. The molecule has 0 spiro atoms.